The molecule has 1 aliphatic rings. The van der Waals surface area contributed by atoms with Gasteiger partial charge >= 0.3 is 0 Å². The molecule has 0 aromatic heterocycles. The highest BCUT2D eigenvalue weighted by Gasteiger charge is 2.33. The minimum absolute atomic E-state index is 0.163. The third kappa shape index (κ3) is 2.75. The fourth-order valence-electron chi connectivity index (χ4n) is 2.40. The maximum Gasteiger partial charge on any atom is 0.254 e. The summed E-state index contributed by atoms with van der Waals surface area (Å²) >= 11 is 5.22. The van der Waals surface area contributed by atoms with Crippen LogP contribution in [0.4, 0.5) is 0 Å². The molecule has 2 unspecified atom stereocenters. The highest BCUT2D eigenvalue weighted by Crippen LogP contribution is 2.27. The van der Waals surface area contributed by atoms with Crippen molar-refractivity contribution in [2.75, 3.05) is 18.1 Å². The summed E-state index contributed by atoms with van der Waals surface area (Å²) < 4.78 is 0. The molecule has 1 amide bonds. The molecule has 18 heavy (non-hydrogen) atoms. The first-order valence-corrected chi connectivity index (χ1v) is 8.53. The first kappa shape index (κ1) is 13.9. The molecular weight excluding hydrogens is 310 g/mol. The summed E-state index contributed by atoms with van der Waals surface area (Å²) in [5.74, 6) is 0.746. The molecule has 0 N–H and O–H groups in total. The van der Waals surface area contributed by atoms with E-state index in [9.17, 15) is 4.79 Å². The zero-order chi connectivity index (χ0) is 13.1. The summed E-state index contributed by atoms with van der Waals surface area (Å²) in [7, 11) is 0. The molecule has 1 aromatic rings. The number of likely N-dealkylation sites (tertiary alicyclic amines) is 1. The second-order valence-corrected chi connectivity index (χ2v) is 6.24. The number of hydrogen-bond donors (Lipinski definition) is 0. The van der Waals surface area contributed by atoms with Gasteiger partial charge in [0.25, 0.3) is 5.91 Å². The number of thioether (sulfide) groups is 1. The first-order valence-electron chi connectivity index (χ1n) is 6.18. The molecule has 0 spiro atoms. The van der Waals surface area contributed by atoms with Gasteiger partial charge in [0.15, 0.2) is 0 Å². The Balaban J connectivity index is 2.15. The SMILES string of the molecule is CSc1ccc(C(=O)N2CCC(C)C2CBr)cc1. The van der Waals surface area contributed by atoms with Gasteiger partial charge in [-0.1, -0.05) is 22.9 Å². The molecule has 2 nitrogen and oxygen atoms in total. The molecule has 2 atom stereocenters. The largest absolute Gasteiger partial charge is 0.335 e. The van der Waals surface area contributed by atoms with Gasteiger partial charge in [0, 0.05) is 28.4 Å². The minimum Gasteiger partial charge on any atom is -0.335 e. The Labute approximate surface area is 121 Å². The Bertz CT molecular complexity index is 420. The fourth-order valence-corrected chi connectivity index (χ4v) is 3.79. The van der Waals surface area contributed by atoms with Crippen LogP contribution in [0.5, 0.6) is 0 Å². The molecule has 98 valence electrons. The van der Waals surface area contributed by atoms with Gasteiger partial charge in [-0.3, -0.25) is 4.79 Å². The van der Waals surface area contributed by atoms with Crippen LogP contribution in [0.3, 0.4) is 0 Å². The van der Waals surface area contributed by atoms with Crippen molar-refractivity contribution in [3.05, 3.63) is 29.8 Å². The summed E-state index contributed by atoms with van der Waals surface area (Å²) in [4.78, 5) is 15.7. The van der Waals surface area contributed by atoms with Crippen LogP contribution in [-0.4, -0.2) is 35.0 Å². The van der Waals surface area contributed by atoms with E-state index in [-0.39, 0.29) is 5.91 Å². The molecule has 1 fully saturated rings. The number of halogens is 1. The number of hydrogen-bond acceptors (Lipinski definition) is 2. The number of carbonyl (C=O) groups is 1. The first-order chi connectivity index (χ1) is 8.67. The zero-order valence-corrected chi connectivity index (χ0v) is 13.1. The van der Waals surface area contributed by atoms with Crippen molar-refractivity contribution in [3.8, 4) is 0 Å². The van der Waals surface area contributed by atoms with Crippen molar-refractivity contribution < 1.29 is 4.79 Å². The lowest BCUT2D eigenvalue weighted by Gasteiger charge is -2.25. The third-order valence-electron chi connectivity index (χ3n) is 3.64. The summed E-state index contributed by atoms with van der Waals surface area (Å²) in [5.41, 5.74) is 0.799. The monoisotopic (exact) mass is 327 g/mol. The topological polar surface area (TPSA) is 20.3 Å². The van der Waals surface area contributed by atoms with Crippen molar-refractivity contribution in [1.82, 2.24) is 4.90 Å². The van der Waals surface area contributed by atoms with E-state index in [4.69, 9.17) is 0 Å². The summed E-state index contributed by atoms with van der Waals surface area (Å²) in [6, 6.07) is 8.23. The van der Waals surface area contributed by atoms with E-state index in [0.29, 0.717) is 12.0 Å². The van der Waals surface area contributed by atoms with Crippen LogP contribution in [-0.2, 0) is 0 Å². The van der Waals surface area contributed by atoms with Crippen LogP contribution < -0.4 is 0 Å². The Hall–Kier alpha value is -0.480. The highest BCUT2D eigenvalue weighted by molar-refractivity contribution is 9.09. The Kier molecular flexibility index (Phi) is 4.73. The molecule has 1 aliphatic heterocycles. The summed E-state index contributed by atoms with van der Waals surface area (Å²) in [5, 5.41) is 0.864. The van der Waals surface area contributed by atoms with Crippen LogP contribution >= 0.6 is 27.7 Å². The summed E-state index contributed by atoms with van der Waals surface area (Å²) in [6.07, 6.45) is 3.14. The standard InChI is InChI=1S/C14H18BrNOS/c1-10-7-8-16(13(10)9-15)14(17)11-3-5-12(18-2)6-4-11/h3-6,10,13H,7-9H2,1-2H3. The molecule has 0 radical (unpaired) electrons. The molecule has 1 saturated heterocycles. The van der Waals surface area contributed by atoms with E-state index in [1.807, 2.05) is 35.4 Å². The van der Waals surface area contributed by atoms with Crippen molar-refractivity contribution >= 4 is 33.6 Å². The van der Waals surface area contributed by atoms with Gasteiger partial charge < -0.3 is 4.90 Å². The van der Waals surface area contributed by atoms with E-state index in [1.54, 1.807) is 11.8 Å². The predicted molar refractivity (Wildman–Crippen MR) is 80.6 cm³/mol. The molecule has 2 rings (SSSR count). The number of nitrogens with zero attached hydrogens (tertiary/aromatic N) is 1. The second-order valence-electron chi connectivity index (χ2n) is 4.71. The van der Waals surface area contributed by atoms with E-state index >= 15 is 0 Å². The van der Waals surface area contributed by atoms with Crippen molar-refractivity contribution in [2.45, 2.75) is 24.3 Å². The van der Waals surface area contributed by atoms with Crippen LogP contribution in [0.2, 0.25) is 0 Å². The quantitative estimate of drug-likeness (QED) is 0.623. The summed E-state index contributed by atoms with van der Waals surface area (Å²) in [6.45, 7) is 3.09. The van der Waals surface area contributed by atoms with Crippen molar-refractivity contribution in [3.63, 3.8) is 0 Å². The molecule has 0 aliphatic carbocycles. The smallest absolute Gasteiger partial charge is 0.254 e. The molecule has 0 saturated carbocycles. The number of benzene rings is 1. The average molecular weight is 328 g/mol. The molecule has 0 bridgehead atoms. The number of alkyl halides is 1. The van der Waals surface area contributed by atoms with Crippen molar-refractivity contribution in [1.29, 1.82) is 0 Å². The van der Waals surface area contributed by atoms with Crippen LogP contribution in [0.25, 0.3) is 0 Å². The maximum absolute atomic E-state index is 12.5. The van der Waals surface area contributed by atoms with Gasteiger partial charge in [-0.15, -0.1) is 11.8 Å². The van der Waals surface area contributed by atoms with Gasteiger partial charge in [-0.25, -0.2) is 0 Å². The molecule has 4 heteroatoms. The molecular formula is C14H18BrNOS. The number of rotatable bonds is 3. The average Bonchev–Trinajstić information content (AvgIpc) is 2.79. The van der Waals surface area contributed by atoms with E-state index in [2.05, 4.69) is 22.9 Å². The lowest BCUT2D eigenvalue weighted by Crippen LogP contribution is -2.38. The molecule has 1 aromatic carbocycles. The Morgan fingerprint density at radius 2 is 2.11 bits per heavy atom. The van der Waals surface area contributed by atoms with E-state index < -0.39 is 0 Å². The zero-order valence-electron chi connectivity index (χ0n) is 10.7. The minimum atomic E-state index is 0.163. The normalized spacial score (nSPS) is 23.4. The maximum atomic E-state index is 12.5. The number of carbonyl (C=O) groups excluding carboxylic acids is 1. The van der Waals surface area contributed by atoms with Gasteiger partial charge in [-0.05, 0) is 42.9 Å². The van der Waals surface area contributed by atoms with Crippen LogP contribution in [0.15, 0.2) is 29.2 Å². The second kappa shape index (κ2) is 6.11. The van der Waals surface area contributed by atoms with E-state index in [1.165, 1.54) is 4.90 Å². The van der Waals surface area contributed by atoms with Gasteiger partial charge in [0.2, 0.25) is 0 Å². The highest BCUT2D eigenvalue weighted by atomic mass is 79.9. The third-order valence-corrected chi connectivity index (χ3v) is 5.05. The Morgan fingerprint density at radius 1 is 1.44 bits per heavy atom. The van der Waals surface area contributed by atoms with Crippen LogP contribution in [0, 0.1) is 5.92 Å². The van der Waals surface area contributed by atoms with Gasteiger partial charge in [0.05, 0.1) is 0 Å². The van der Waals surface area contributed by atoms with E-state index in [0.717, 1.165) is 23.9 Å². The predicted octanol–water partition coefficient (Wildman–Crippen LogP) is 3.65. The van der Waals surface area contributed by atoms with Crippen LogP contribution in [0.1, 0.15) is 23.7 Å². The lowest BCUT2D eigenvalue weighted by molar-refractivity contribution is 0.0738. The lowest BCUT2D eigenvalue weighted by atomic mass is 10.0. The van der Waals surface area contributed by atoms with Crippen molar-refractivity contribution in [2.24, 2.45) is 5.92 Å². The molecule has 1 heterocycles. The Morgan fingerprint density at radius 3 is 2.67 bits per heavy atom. The van der Waals surface area contributed by atoms with Gasteiger partial charge in [-0.2, -0.15) is 0 Å². The number of amides is 1. The van der Waals surface area contributed by atoms with Gasteiger partial charge in [0.1, 0.15) is 0 Å². The fraction of sp³-hybridized carbons (Fsp3) is 0.500.